The Hall–Kier alpha value is -1.49. The first-order valence-electron chi connectivity index (χ1n) is 12.3. The fraction of sp³-hybridized carbons (Fsp3) is 0.519. The van der Waals surface area contributed by atoms with Crippen LogP contribution in [0.1, 0.15) is 59.3 Å². The molecule has 31 heavy (non-hydrogen) atoms. The molecule has 0 atom stereocenters. The van der Waals surface area contributed by atoms with E-state index in [1.165, 1.54) is 63.1 Å². The molecule has 0 aliphatic heterocycles. The number of fused-ring (bicyclic) bond motifs is 1. The molecule has 0 saturated heterocycles. The first-order chi connectivity index (χ1) is 15.0. The second-order valence-corrected chi connectivity index (χ2v) is 22.6. The summed E-state index contributed by atoms with van der Waals surface area (Å²) in [6, 6.07) is 13.5. The summed E-state index contributed by atoms with van der Waals surface area (Å²) in [6.07, 6.45) is 12.8. The van der Waals surface area contributed by atoms with E-state index in [0.29, 0.717) is 0 Å². The van der Waals surface area contributed by atoms with Gasteiger partial charge in [-0.25, -0.2) is 0 Å². The Balaban J connectivity index is 1.97. The second-order valence-electron chi connectivity index (χ2n) is 9.34. The molecule has 2 heterocycles. The van der Waals surface area contributed by atoms with Gasteiger partial charge in [0.25, 0.3) is 0 Å². The summed E-state index contributed by atoms with van der Waals surface area (Å²) < 4.78 is 8.53. The number of hydrogen-bond donors (Lipinski definition) is 0. The molecule has 3 rings (SSSR count). The van der Waals surface area contributed by atoms with E-state index in [-0.39, 0.29) is 0 Å². The summed E-state index contributed by atoms with van der Waals surface area (Å²) in [5.41, 5.74) is 4.54. The Labute approximate surface area is 193 Å². The Kier molecular flexibility index (Phi) is 8.88. The second kappa shape index (κ2) is 11.4. The quantitative estimate of drug-likeness (QED) is 0.234. The number of hydrogen-bond acceptors (Lipinski definition) is 2. The van der Waals surface area contributed by atoms with Gasteiger partial charge in [-0.1, -0.05) is 0 Å². The maximum atomic E-state index is 4.94. The molecular formula is C27H41N3Sn. The molecule has 4 heteroatoms. The minimum absolute atomic E-state index is 1.07. The van der Waals surface area contributed by atoms with Crippen molar-refractivity contribution in [3.05, 3.63) is 48.8 Å². The van der Waals surface area contributed by atoms with Gasteiger partial charge >= 0.3 is 194 Å². The van der Waals surface area contributed by atoms with Crippen molar-refractivity contribution >= 4 is 33.3 Å². The van der Waals surface area contributed by atoms with E-state index in [1.807, 2.05) is 0 Å². The van der Waals surface area contributed by atoms with Crippen LogP contribution in [0.4, 0.5) is 5.69 Å². The Bertz CT molecular complexity index is 921. The van der Waals surface area contributed by atoms with Gasteiger partial charge in [0.1, 0.15) is 0 Å². The molecule has 3 aromatic rings. The molecule has 0 amide bonds. The molecule has 0 unspecified atom stereocenters. The van der Waals surface area contributed by atoms with Gasteiger partial charge in [0.15, 0.2) is 0 Å². The van der Waals surface area contributed by atoms with E-state index >= 15 is 0 Å². The van der Waals surface area contributed by atoms with E-state index in [4.69, 9.17) is 4.98 Å². The molecule has 3 nitrogen and oxygen atoms in total. The summed E-state index contributed by atoms with van der Waals surface area (Å²) in [4.78, 5) is 7.07. The van der Waals surface area contributed by atoms with Crippen LogP contribution in [0.3, 0.4) is 0 Å². The van der Waals surface area contributed by atoms with Gasteiger partial charge in [0.2, 0.25) is 0 Å². The fourth-order valence-corrected chi connectivity index (χ4v) is 20.6. The normalized spacial score (nSPS) is 11.9. The van der Waals surface area contributed by atoms with Crippen LogP contribution in [-0.2, 0) is 0 Å². The molecular weight excluding hydrogens is 485 g/mol. The molecule has 0 radical (unpaired) electrons. The predicted molar refractivity (Wildman–Crippen MR) is 139 cm³/mol. The van der Waals surface area contributed by atoms with Crippen molar-refractivity contribution in [2.45, 2.75) is 72.6 Å². The molecule has 0 aliphatic rings. The van der Waals surface area contributed by atoms with E-state index in [1.54, 1.807) is 3.58 Å². The standard InChI is InChI=1S/C15H14N3.3C4H9.Sn/c1-17(2)13-8-6-12(7-9-13)14-11-18-10-4-3-5-15(18)16-14;3*1-3-4-2;/h3,5-11H,1-2H3;3*1,3-4H2,2H3;. The Morgan fingerprint density at radius 3 is 1.87 bits per heavy atom. The number of aromatic nitrogens is 2. The average Bonchev–Trinajstić information content (AvgIpc) is 3.22. The van der Waals surface area contributed by atoms with Crippen LogP contribution in [0.2, 0.25) is 13.3 Å². The third kappa shape index (κ3) is 5.85. The van der Waals surface area contributed by atoms with Gasteiger partial charge in [-0.3, -0.25) is 0 Å². The average molecular weight is 526 g/mol. The first kappa shape index (κ1) is 24.2. The Morgan fingerprint density at radius 1 is 0.774 bits per heavy atom. The van der Waals surface area contributed by atoms with Gasteiger partial charge in [-0.05, 0) is 0 Å². The summed E-state index contributed by atoms with van der Waals surface area (Å²) in [5.74, 6) is 0. The van der Waals surface area contributed by atoms with Gasteiger partial charge in [0, 0.05) is 0 Å². The number of imidazole rings is 1. The van der Waals surface area contributed by atoms with Crippen LogP contribution in [-0.4, -0.2) is 41.9 Å². The van der Waals surface area contributed by atoms with Crippen molar-refractivity contribution in [2.24, 2.45) is 0 Å². The summed E-state index contributed by atoms with van der Waals surface area (Å²) in [6.45, 7) is 7.05. The molecule has 0 aliphatic carbocycles. The first-order valence-corrected chi connectivity index (χ1v) is 19.8. The van der Waals surface area contributed by atoms with Gasteiger partial charge in [-0.15, -0.1) is 0 Å². The maximum absolute atomic E-state index is 4.94. The Morgan fingerprint density at radius 2 is 1.35 bits per heavy atom. The van der Waals surface area contributed by atoms with Crippen LogP contribution in [0, 0.1) is 0 Å². The van der Waals surface area contributed by atoms with E-state index in [9.17, 15) is 0 Å². The zero-order valence-electron chi connectivity index (χ0n) is 20.3. The van der Waals surface area contributed by atoms with Crippen molar-refractivity contribution < 1.29 is 0 Å². The number of pyridine rings is 1. The molecule has 0 N–H and O–H groups in total. The third-order valence-corrected chi connectivity index (χ3v) is 22.3. The fourth-order valence-electron chi connectivity index (χ4n) is 4.73. The number of anilines is 1. The summed E-state index contributed by atoms with van der Waals surface area (Å²) >= 11 is -2.42. The zero-order valence-corrected chi connectivity index (χ0v) is 23.2. The molecule has 0 fully saturated rings. The van der Waals surface area contributed by atoms with E-state index in [0.717, 1.165) is 11.3 Å². The van der Waals surface area contributed by atoms with Crippen LogP contribution in [0.5, 0.6) is 0 Å². The number of nitrogens with zero attached hydrogens (tertiary/aromatic N) is 3. The SMILES string of the molecule is CCC[CH2][Sn]([CH2]CCC)([CH2]CCC)[c]1ccc2nc(-c3ccc(N(C)C)cc3)cn2c1. The summed E-state index contributed by atoms with van der Waals surface area (Å²) in [7, 11) is 4.16. The topological polar surface area (TPSA) is 20.5 Å². The monoisotopic (exact) mass is 527 g/mol. The number of unbranched alkanes of at least 4 members (excludes halogenated alkanes) is 3. The number of benzene rings is 1. The van der Waals surface area contributed by atoms with Crippen LogP contribution in [0.15, 0.2) is 48.8 Å². The van der Waals surface area contributed by atoms with Gasteiger partial charge < -0.3 is 0 Å². The molecule has 168 valence electrons. The van der Waals surface area contributed by atoms with Crippen molar-refractivity contribution in [1.29, 1.82) is 0 Å². The number of rotatable bonds is 12. The van der Waals surface area contributed by atoms with Crippen molar-refractivity contribution in [1.82, 2.24) is 9.38 Å². The minimum atomic E-state index is -2.42. The molecule has 0 spiro atoms. The molecule has 1 aromatic carbocycles. The predicted octanol–water partition coefficient (Wildman–Crippen LogP) is 7.12. The molecule has 2 aromatic heterocycles. The van der Waals surface area contributed by atoms with E-state index in [2.05, 4.69) is 93.0 Å². The van der Waals surface area contributed by atoms with Crippen LogP contribution >= 0.6 is 0 Å². The third-order valence-electron chi connectivity index (χ3n) is 6.77. The summed E-state index contributed by atoms with van der Waals surface area (Å²) in [5, 5.41) is 0. The molecule has 0 bridgehead atoms. The van der Waals surface area contributed by atoms with Crippen LogP contribution in [0.25, 0.3) is 16.9 Å². The molecule has 0 saturated carbocycles. The van der Waals surface area contributed by atoms with Crippen molar-refractivity contribution in [3.8, 4) is 11.3 Å². The van der Waals surface area contributed by atoms with Gasteiger partial charge in [-0.2, -0.15) is 0 Å². The van der Waals surface area contributed by atoms with Gasteiger partial charge in [0.05, 0.1) is 0 Å². The van der Waals surface area contributed by atoms with Crippen LogP contribution < -0.4 is 8.48 Å². The van der Waals surface area contributed by atoms with E-state index < -0.39 is 18.4 Å². The zero-order chi connectivity index (χ0) is 22.3. The van der Waals surface area contributed by atoms with Crippen molar-refractivity contribution in [3.63, 3.8) is 0 Å². The van der Waals surface area contributed by atoms with Crippen molar-refractivity contribution in [2.75, 3.05) is 19.0 Å².